The van der Waals surface area contributed by atoms with Gasteiger partial charge in [-0.05, 0) is 36.6 Å². The molecule has 3 rings (SSSR count). The molecule has 0 unspecified atom stereocenters. The van der Waals surface area contributed by atoms with Gasteiger partial charge in [0.25, 0.3) is 0 Å². The van der Waals surface area contributed by atoms with Crippen LogP contribution in [0.25, 0.3) is 0 Å². The molecule has 0 aliphatic carbocycles. The number of rotatable bonds is 6. The van der Waals surface area contributed by atoms with Gasteiger partial charge < -0.3 is 10.6 Å². The summed E-state index contributed by atoms with van der Waals surface area (Å²) in [6.45, 7) is 4.92. The van der Waals surface area contributed by atoms with Gasteiger partial charge in [-0.25, -0.2) is 0 Å². The summed E-state index contributed by atoms with van der Waals surface area (Å²) in [6, 6.07) is 16.6. The van der Waals surface area contributed by atoms with Crippen LogP contribution in [0.3, 0.4) is 0 Å². The number of hydrogen-bond donors (Lipinski definition) is 2. The minimum absolute atomic E-state index is 0.480. The first-order valence-corrected chi connectivity index (χ1v) is 8.08. The van der Waals surface area contributed by atoms with Crippen LogP contribution in [0.1, 0.15) is 23.6 Å². The van der Waals surface area contributed by atoms with Crippen LogP contribution in [0.5, 0.6) is 0 Å². The Hall–Kier alpha value is -2.95. The molecule has 0 spiro atoms. The van der Waals surface area contributed by atoms with E-state index in [1.165, 1.54) is 16.7 Å². The van der Waals surface area contributed by atoms with Gasteiger partial charge in [-0.2, -0.15) is 10.1 Å². The van der Waals surface area contributed by atoms with Gasteiger partial charge in [0.15, 0.2) is 5.82 Å². The summed E-state index contributed by atoms with van der Waals surface area (Å²) in [6.07, 6.45) is 2.65. The Labute approximate surface area is 142 Å². The second-order valence-corrected chi connectivity index (χ2v) is 5.68. The number of anilines is 3. The molecule has 5 heteroatoms. The maximum atomic E-state index is 4.45. The highest BCUT2D eigenvalue weighted by Gasteiger charge is 2.02. The van der Waals surface area contributed by atoms with Gasteiger partial charge in [-0.3, -0.25) is 0 Å². The second kappa shape index (κ2) is 7.55. The second-order valence-electron chi connectivity index (χ2n) is 5.68. The van der Waals surface area contributed by atoms with E-state index in [4.69, 9.17) is 0 Å². The van der Waals surface area contributed by atoms with E-state index in [0.717, 1.165) is 12.1 Å². The van der Waals surface area contributed by atoms with Crippen molar-refractivity contribution in [2.75, 3.05) is 10.6 Å². The van der Waals surface area contributed by atoms with E-state index in [2.05, 4.69) is 76.1 Å². The summed E-state index contributed by atoms with van der Waals surface area (Å²) >= 11 is 0. The summed E-state index contributed by atoms with van der Waals surface area (Å²) in [5, 5.41) is 14.5. The Kier molecular flexibility index (Phi) is 5.01. The molecular weight excluding hydrogens is 298 g/mol. The van der Waals surface area contributed by atoms with Crippen LogP contribution in [0, 0.1) is 6.92 Å². The monoisotopic (exact) mass is 319 g/mol. The van der Waals surface area contributed by atoms with Gasteiger partial charge in [0.1, 0.15) is 0 Å². The predicted molar refractivity (Wildman–Crippen MR) is 97.4 cm³/mol. The quantitative estimate of drug-likeness (QED) is 0.716. The first-order valence-electron chi connectivity index (χ1n) is 8.08. The van der Waals surface area contributed by atoms with Crippen molar-refractivity contribution in [3.8, 4) is 0 Å². The number of nitrogens with zero attached hydrogens (tertiary/aromatic N) is 3. The summed E-state index contributed by atoms with van der Waals surface area (Å²) in [5.74, 6) is 1.17. The summed E-state index contributed by atoms with van der Waals surface area (Å²) in [7, 11) is 0. The average Bonchev–Trinajstić information content (AvgIpc) is 2.62. The molecule has 1 heterocycles. The lowest BCUT2D eigenvalue weighted by Gasteiger charge is -2.08. The van der Waals surface area contributed by atoms with E-state index < -0.39 is 0 Å². The number of nitrogens with one attached hydrogen (secondary N) is 2. The molecule has 2 N–H and O–H groups in total. The zero-order chi connectivity index (χ0) is 16.8. The summed E-state index contributed by atoms with van der Waals surface area (Å²) in [4.78, 5) is 4.45. The van der Waals surface area contributed by atoms with E-state index in [1.54, 1.807) is 6.20 Å². The maximum Gasteiger partial charge on any atom is 0.249 e. The molecule has 0 radical (unpaired) electrons. The standard InChI is InChI=1S/C19H21N5/c1-3-15-8-10-17(11-9-15)22-19-23-18(13-21-24-19)20-12-16-6-4-14(2)5-7-16/h4-11,13H,3,12H2,1-2H3,(H2,20,22,23,24). The Balaban J connectivity index is 1.63. The van der Waals surface area contributed by atoms with Gasteiger partial charge in [0, 0.05) is 12.2 Å². The van der Waals surface area contributed by atoms with E-state index in [-0.39, 0.29) is 0 Å². The minimum Gasteiger partial charge on any atom is -0.365 e. The lowest BCUT2D eigenvalue weighted by atomic mass is 10.1. The van der Waals surface area contributed by atoms with Crippen LogP contribution in [0.2, 0.25) is 0 Å². The molecule has 0 fully saturated rings. The van der Waals surface area contributed by atoms with Crippen LogP contribution in [0.4, 0.5) is 17.5 Å². The highest BCUT2D eigenvalue weighted by molar-refractivity contribution is 5.54. The molecule has 0 atom stereocenters. The molecule has 5 nitrogen and oxygen atoms in total. The molecule has 3 aromatic rings. The van der Waals surface area contributed by atoms with E-state index in [1.807, 2.05) is 12.1 Å². The fraction of sp³-hybridized carbons (Fsp3) is 0.211. The van der Waals surface area contributed by atoms with Crippen LogP contribution in [-0.2, 0) is 13.0 Å². The Morgan fingerprint density at radius 3 is 2.33 bits per heavy atom. The molecule has 0 amide bonds. The third kappa shape index (κ3) is 4.29. The smallest absolute Gasteiger partial charge is 0.249 e. The molecule has 122 valence electrons. The van der Waals surface area contributed by atoms with Gasteiger partial charge in [0.05, 0.1) is 6.20 Å². The highest BCUT2D eigenvalue weighted by atomic mass is 15.3. The molecule has 1 aromatic heterocycles. The van der Waals surface area contributed by atoms with Gasteiger partial charge in [0.2, 0.25) is 5.95 Å². The predicted octanol–water partition coefficient (Wildman–Crippen LogP) is 4.10. The van der Waals surface area contributed by atoms with Gasteiger partial charge in [-0.1, -0.05) is 48.9 Å². The fourth-order valence-electron chi connectivity index (χ4n) is 2.29. The van der Waals surface area contributed by atoms with Crippen molar-refractivity contribution in [3.05, 3.63) is 71.4 Å². The van der Waals surface area contributed by atoms with E-state index in [9.17, 15) is 0 Å². The van der Waals surface area contributed by atoms with Crippen LogP contribution in [-0.4, -0.2) is 15.2 Å². The van der Waals surface area contributed by atoms with Crippen LogP contribution in [0.15, 0.2) is 54.7 Å². The molecule has 0 bridgehead atoms. The zero-order valence-electron chi connectivity index (χ0n) is 14.0. The van der Waals surface area contributed by atoms with Crippen LogP contribution < -0.4 is 10.6 Å². The third-order valence-corrected chi connectivity index (χ3v) is 3.77. The number of benzene rings is 2. The largest absolute Gasteiger partial charge is 0.365 e. The van der Waals surface area contributed by atoms with Crippen molar-refractivity contribution in [1.29, 1.82) is 0 Å². The average molecular weight is 319 g/mol. The molecule has 2 aromatic carbocycles. The molecule has 0 aliphatic rings. The summed E-state index contributed by atoms with van der Waals surface area (Å²) in [5.41, 5.74) is 4.70. The van der Waals surface area contributed by atoms with Gasteiger partial charge >= 0.3 is 0 Å². The first kappa shape index (κ1) is 15.9. The number of aryl methyl sites for hydroxylation is 2. The SMILES string of the molecule is CCc1ccc(Nc2nncc(NCc3ccc(C)cc3)n2)cc1. The van der Waals surface area contributed by atoms with E-state index >= 15 is 0 Å². The van der Waals surface area contributed by atoms with Crippen molar-refractivity contribution < 1.29 is 0 Å². The van der Waals surface area contributed by atoms with Gasteiger partial charge in [-0.15, -0.1) is 5.10 Å². The first-order chi connectivity index (χ1) is 11.7. The Bertz CT molecular complexity index is 782. The number of hydrogen-bond acceptors (Lipinski definition) is 5. The zero-order valence-corrected chi connectivity index (χ0v) is 14.0. The lowest BCUT2D eigenvalue weighted by molar-refractivity contribution is 0.965. The molecular formula is C19H21N5. The topological polar surface area (TPSA) is 62.7 Å². The van der Waals surface area contributed by atoms with Crippen molar-refractivity contribution in [2.24, 2.45) is 0 Å². The lowest BCUT2D eigenvalue weighted by Crippen LogP contribution is -2.05. The molecule has 0 saturated heterocycles. The third-order valence-electron chi connectivity index (χ3n) is 3.77. The Morgan fingerprint density at radius 1 is 0.917 bits per heavy atom. The van der Waals surface area contributed by atoms with Crippen molar-refractivity contribution in [2.45, 2.75) is 26.8 Å². The normalized spacial score (nSPS) is 10.4. The minimum atomic E-state index is 0.480. The van der Waals surface area contributed by atoms with Crippen LogP contribution >= 0.6 is 0 Å². The molecule has 24 heavy (non-hydrogen) atoms. The number of aromatic nitrogens is 3. The van der Waals surface area contributed by atoms with Crippen molar-refractivity contribution >= 4 is 17.5 Å². The van der Waals surface area contributed by atoms with Crippen molar-refractivity contribution in [1.82, 2.24) is 15.2 Å². The maximum absolute atomic E-state index is 4.45. The van der Waals surface area contributed by atoms with Crippen molar-refractivity contribution in [3.63, 3.8) is 0 Å². The molecule has 0 aliphatic heterocycles. The summed E-state index contributed by atoms with van der Waals surface area (Å²) < 4.78 is 0. The van der Waals surface area contributed by atoms with E-state index in [0.29, 0.717) is 18.3 Å². The fourth-order valence-corrected chi connectivity index (χ4v) is 2.29. The highest BCUT2D eigenvalue weighted by Crippen LogP contribution is 2.15. The molecule has 0 saturated carbocycles. The Morgan fingerprint density at radius 2 is 1.62 bits per heavy atom.